The Hall–Kier alpha value is -2.81. The van der Waals surface area contributed by atoms with Crippen LogP contribution in [0.4, 0.5) is 0 Å². The SMILES string of the molecule is CCCc1ccccc1OCc1c(OC(C)C)cc(-c2c(CC)cccc2CC)nc1C. The first kappa shape index (κ1) is 23.8. The number of hydrogen-bond acceptors (Lipinski definition) is 3. The van der Waals surface area contributed by atoms with Crippen molar-refractivity contribution in [3.63, 3.8) is 0 Å². The molecule has 0 bridgehead atoms. The van der Waals surface area contributed by atoms with Crippen molar-refractivity contribution in [2.24, 2.45) is 0 Å². The van der Waals surface area contributed by atoms with Gasteiger partial charge in [0, 0.05) is 17.3 Å². The number of aryl methyl sites for hydroxylation is 4. The lowest BCUT2D eigenvalue weighted by atomic mass is 9.94. The number of para-hydroxylation sites is 1. The lowest BCUT2D eigenvalue weighted by Gasteiger charge is -2.20. The Balaban J connectivity index is 2.02. The zero-order valence-corrected chi connectivity index (χ0v) is 20.5. The van der Waals surface area contributed by atoms with Crippen molar-refractivity contribution in [1.82, 2.24) is 4.98 Å². The lowest BCUT2D eigenvalue weighted by Crippen LogP contribution is -2.12. The van der Waals surface area contributed by atoms with E-state index in [1.807, 2.05) is 6.07 Å². The highest BCUT2D eigenvalue weighted by molar-refractivity contribution is 5.70. The van der Waals surface area contributed by atoms with Crippen molar-refractivity contribution in [1.29, 1.82) is 0 Å². The van der Waals surface area contributed by atoms with E-state index in [1.165, 1.54) is 22.3 Å². The smallest absolute Gasteiger partial charge is 0.130 e. The monoisotopic (exact) mass is 431 g/mol. The molecule has 32 heavy (non-hydrogen) atoms. The molecule has 0 atom stereocenters. The highest BCUT2D eigenvalue weighted by Crippen LogP contribution is 2.34. The zero-order chi connectivity index (χ0) is 23.1. The van der Waals surface area contributed by atoms with Gasteiger partial charge in [-0.25, -0.2) is 0 Å². The average molecular weight is 432 g/mol. The third kappa shape index (κ3) is 5.51. The second-order valence-corrected chi connectivity index (χ2v) is 8.54. The van der Waals surface area contributed by atoms with Gasteiger partial charge in [0.1, 0.15) is 18.1 Å². The van der Waals surface area contributed by atoms with Crippen LogP contribution in [-0.4, -0.2) is 11.1 Å². The molecule has 0 saturated carbocycles. The fourth-order valence-electron chi connectivity index (χ4n) is 4.17. The number of ether oxygens (including phenoxy) is 2. The molecule has 3 nitrogen and oxygen atoms in total. The van der Waals surface area contributed by atoms with Gasteiger partial charge >= 0.3 is 0 Å². The quantitative estimate of drug-likeness (QED) is 0.333. The summed E-state index contributed by atoms with van der Waals surface area (Å²) in [6.45, 7) is 13.2. The molecule has 0 N–H and O–H groups in total. The second-order valence-electron chi connectivity index (χ2n) is 8.54. The Morgan fingerprint density at radius 3 is 2.12 bits per heavy atom. The summed E-state index contributed by atoms with van der Waals surface area (Å²) in [6, 6.07) is 17.0. The molecule has 0 spiro atoms. The third-order valence-corrected chi connectivity index (χ3v) is 5.77. The van der Waals surface area contributed by atoms with E-state index in [-0.39, 0.29) is 6.10 Å². The fraction of sp³-hybridized carbons (Fsp3) is 0.414. The number of rotatable bonds is 10. The summed E-state index contributed by atoms with van der Waals surface area (Å²) in [5.74, 6) is 1.81. The predicted octanol–water partition coefficient (Wildman–Crippen LogP) is 7.50. The Morgan fingerprint density at radius 2 is 1.50 bits per heavy atom. The van der Waals surface area contributed by atoms with Gasteiger partial charge in [0.05, 0.1) is 17.4 Å². The zero-order valence-electron chi connectivity index (χ0n) is 20.5. The fourth-order valence-corrected chi connectivity index (χ4v) is 4.17. The van der Waals surface area contributed by atoms with E-state index < -0.39 is 0 Å². The van der Waals surface area contributed by atoms with Gasteiger partial charge in [-0.1, -0.05) is 63.6 Å². The Morgan fingerprint density at radius 1 is 0.844 bits per heavy atom. The van der Waals surface area contributed by atoms with E-state index >= 15 is 0 Å². The van der Waals surface area contributed by atoms with Crippen LogP contribution in [0.5, 0.6) is 11.5 Å². The van der Waals surface area contributed by atoms with Crippen LogP contribution in [0.1, 0.15) is 69.0 Å². The molecule has 0 saturated heterocycles. The van der Waals surface area contributed by atoms with Crippen LogP contribution in [0, 0.1) is 6.92 Å². The highest BCUT2D eigenvalue weighted by atomic mass is 16.5. The molecular weight excluding hydrogens is 394 g/mol. The van der Waals surface area contributed by atoms with Crippen molar-refractivity contribution in [3.8, 4) is 22.8 Å². The van der Waals surface area contributed by atoms with Crippen LogP contribution < -0.4 is 9.47 Å². The van der Waals surface area contributed by atoms with Crippen LogP contribution in [-0.2, 0) is 25.9 Å². The summed E-state index contributed by atoms with van der Waals surface area (Å²) in [5.41, 5.74) is 8.10. The van der Waals surface area contributed by atoms with Gasteiger partial charge in [0.15, 0.2) is 0 Å². The molecule has 3 heteroatoms. The van der Waals surface area contributed by atoms with Crippen LogP contribution in [0.3, 0.4) is 0 Å². The maximum absolute atomic E-state index is 6.29. The maximum atomic E-state index is 6.29. The third-order valence-electron chi connectivity index (χ3n) is 5.77. The molecule has 0 aliphatic rings. The van der Waals surface area contributed by atoms with Gasteiger partial charge in [-0.15, -0.1) is 0 Å². The minimum Gasteiger partial charge on any atom is -0.490 e. The van der Waals surface area contributed by atoms with Crippen molar-refractivity contribution in [3.05, 3.63) is 76.5 Å². The normalized spacial score (nSPS) is 11.1. The number of aromatic nitrogens is 1. The molecule has 1 heterocycles. The summed E-state index contributed by atoms with van der Waals surface area (Å²) >= 11 is 0. The summed E-state index contributed by atoms with van der Waals surface area (Å²) in [7, 11) is 0. The van der Waals surface area contributed by atoms with Gasteiger partial charge in [0.25, 0.3) is 0 Å². The molecule has 3 rings (SSSR count). The van der Waals surface area contributed by atoms with Gasteiger partial charge in [-0.05, 0) is 62.8 Å². The molecule has 0 radical (unpaired) electrons. The first-order valence-corrected chi connectivity index (χ1v) is 12.0. The minimum absolute atomic E-state index is 0.0721. The van der Waals surface area contributed by atoms with Gasteiger partial charge < -0.3 is 9.47 Å². The standard InChI is InChI=1S/C29H37NO2/c1-7-13-24-14-10-11-17-27(24)31-19-25-21(6)30-26(18-28(25)32-20(4)5)29-22(8-2)15-12-16-23(29)9-3/h10-12,14-18,20H,7-9,13,19H2,1-6H3. The first-order chi connectivity index (χ1) is 15.5. The lowest BCUT2D eigenvalue weighted by molar-refractivity contribution is 0.229. The topological polar surface area (TPSA) is 31.4 Å². The van der Waals surface area contributed by atoms with Gasteiger partial charge in [0.2, 0.25) is 0 Å². The molecule has 170 valence electrons. The van der Waals surface area contributed by atoms with Crippen molar-refractivity contribution in [2.75, 3.05) is 0 Å². The molecular formula is C29H37NO2. The average Bonchev–Trinajstić information content (AvgIpc) is 2.78. The van der Waals surface area contributed by atoms with Crippen molar-refractivity contribution >= 4 is 0 Å². The minimum atomic E-state index is 0.0721. The summed E-state index contributed by atoms with van der Waals surface area (Å²) < 4.78 is 12.6. The Labute approximate surface area is 193 Å². The number of nitrogens with zero attached hydrogens (tertiary/aromatic N) is 1. The van der Waals surface area contributed by atoms with E-state index in [4.69, 9.17) is 14.5 Å². The number of hydrogen-bond donors (Lipinski definition) is 0. The maximum Gasteiger partial charge on any atom is 0.130 e. The summed E-state index contributed by atoms with van der Waals surface area (Å²) in [5, 5.41) is 0. The van der Waals surface area contributed by atoms with Gasteiger partial charge in [-0.3, -0.25) is 4.98 Å². The van der Waals surface area contributed by atoms with E-state index in [2.05, 4.69) is 84.0 Å². The molecule has 0 aliphatic heterocycles. The highest BCUT2D eigenvalue weighted by Gasteiger charge is 2.18. The molecule has 0 fully saturated rings. The van der Waals surface area contributed by atoms with Crippen LogP contribution in [0.15, 0.2) is 48.5 Å². The molecule has 0 amide bonds. The largest absolute Gasteiger partial charge is 0.490 e. The molecule has 3 aromatic rings. The summed E-state index contributed by atoms with van der Waals surface area (Å²) in [6.07, 6.45) is 4.12. The second kappa shape index (κ2) is 11.2. The Bertz CT molecular complexity index is 1020. The molecule has 0 aliphatic carbocycles. The first-order valence-electron chi connectivity index (χ1n) is 12.0. The van der Waals surface area contributed by atoms with Crippen LogP contribution in [0.25, 0.3) is 11.3 Å². The van der Waals surface area contributed by atoms with Crippen LogP contribution in [0.2, 0.25) is 0 Å². The van der Waals surface area contributed by atoms with E-state index in [0.29, 0.717) is 6.61 Å². The number of pyridine rings is 1. The van der Waals surface area contributed by atoms with Crippen molar-refractivity contribution in [2.45, 2.75) is 79.9 Å². The Kier molecular flexibility index (Phi) is 8.33. The number of benzene rings is 2. The van der Waals surface area contributed by atoms with E-state index in [0.717, 1.165) is 54.1 Å². The molecule has 0 unspecified atom stereocenters. The molecule has 2 aromatic carbocycles. The van der Waals surface area contributed by atoms with E-state index in [1.54, 1.807) is 0 Å². The van der Waals surface area contributed by atoms with Crippen LogP contribution >= 0.6 is 0 Å². The van der Waals surface area contributed by atoms with Gasteiger partial charge in [-0.2, -0.15) is 0 Å². The predicted molar refractivity (Wildman–Crippen MR) is 134 cm³/mol. The molecule has 1 aromatic heterocycles. The van der Waals surface area contributed by atoms with E-state index in [9.17, 15) is 0 Å². The van der Waals surface area contributed by atoms with Crippen molar-refractivity contribution < 1.29 is 9.47 Å². The summed E-state index contributed by atoms with van der Waals surface area (Å²) in [4.78, 5) is 5.04.